The highest BCUT2D eigenvalue weighted by Gasteiger charge is 2.17. The zero-order valence-electron chi connectivity index (χ0n) is 11.1. The van der Waals surface area contributed by atoms with E-state index in [9.17, 15) is 13.6 Å². The van der Waals surface area contributed by atoms with Gasteiger partial charge in [0.2, 0.25) is 0 Å². The number of carbonyl (C=O) groups excluding carboxylic acids is 1. The highest BCUT2D eigenvalue weighted by Crippen LogP contribution is 2.10. The normalized spacial score (nSPS) is 10.9. The van der Waals surface area contributed by atoms with Crippen molar-refractivity contribution in [2.45, 2.75) is 19.5 Å². The van der Waals surface area contributed by atoms with Crippen molar-refractivity contribution in [2.24, 2.45) is 0 Å². The van der Waals surface area contributed by atoms with Crippen molar-refractivity contribution in [1.82, 2.24) is 24.6 Å². The van der Waals surface area contributed by atoms with Gasteiger partial charge in [-0.25, -0.2) is 23.4 Å². The topological polar surface area (TPSA) is 63.9 Å². The molecule has 1 amide bonds. The quantitative estimate of drug-likeness (QED) is 0.765. The van der Waals surface area contributed by atoms with Crippen molar-refractivity contribution in [2.75, 3.05) is 7.05 Å². The molecule has 2 aromatic rings. The Morgan fingerprint density at radius 1 is 1.48 bits per heavy atom. The van der Waals surface area contributed by atoms with Crippen LogP contribution in [0, 0.1) is 0 Å². The van der Waals surface area contributed by atoms with Crippen LogP contribution in [0.25, 0.3) is 0 Å². The molecule has 0 radical (unpaired) electrons. The molecule has 0 unspecified atom stereocenters. The third kappa shape index (κ3) is 4.03. The average molecular weight is 360 g/mol. The molecule has 0 aromatic carbocycles. The highest BCUT2D eigenvalue weighted by atomic mass is 79.9. The number of nitrogens with zero attached hydrogens (tertiary/aromatic N) is 5. The number of alkyl halides is 2. The summed E-state index contributed by atoms with van der Waals surface area (Å²) in [7, 11) is 1.55. The molecule has 9 heteroatoms. The molecule has 2 heterocycles. The number of carbonyl (C=O) groups is 1. The first-order valence-corrected chi connectivity index (χ1v) is 6.79. The molecule has 2 rings (SSSR count). The summed E-state index contributed by atoms with van der Waals surface area (Å²) in [6.07, 6.45) is -1.34. The maximum atomic E-state index is 12.4. The van der Waals surface area contributed by atoms with Gasteiger partial charge in [0.05, 0.1) is 6.54 Å². The predicted octanol–water partition coefficient (Wildman–Crippen LogP) is 1.97. The van der Waals surface area contributed by atoms with E-state index < -0.39 is 13.0 Å². The standard InChI is InChI=1S/C12H12BrF2N5O/c1-19(12(21)8-3-2-4-9(13)18-8)6-11-16-7-17-20(11)5-10(14)15/h2-4,7,10H,5-6H2,1H3. The van der Waals surface area contributed by atoms with Crippen LogP contribution in [0.1, 0.15) is 16.3 Å². The number of hydrogen-bond donors (Lipinski definition) is 0. The number of pyridine rings is 1. The molecule has 0 N–H and O–H groups in total. The first-order valence-electron chi connectivity index (χ1n) is 6.00. The number of amides is 1. The van der Waals surface area contributed by atoms with E-state index >= 15 is 0 Å². The van der Waals surface area contributed by atoms with Crippen molar-refractivity contribution in [3.8, 4) is 0 Å². The summed E-state index contributed by atoms with van der Waals surface area (Å²) in [6, 6.07) is 4.97. The van der Waals surface area contributed by atoms with Crippen LogP contribution in [0.5, 0.6) is 0 Å². The monoisotopic (exact) mass is 359 g/mol. The summed E-state index contributed by atoms with van der Waals surface area (Å²) in [5.41, 5.74) is 0.256. The summed E-state index contributed by atoms with van der Waals surface area (Å²) >= 11 is 3.19. The van der Waals surface area contributed by atoms with Gasteiger partial charge in [0.15, 0.2) is 0 Å². The Bertz CT molecular complexity index is 634. The lowest BCUT2D eigenvalue weighted by Crippen LogP contribution is -2.29. The van der Waals surface area contributed by atoms with Crippen molar-refractivity contribution >= 4 is 21.8 Å². The van der Waals surface area contributed by atoms with Gasteiger partial charge in [0, 0.05) is 7.05 Å². The Hall–Kier alpha value is -1.90. The van der Waals surface area contributed by atoms with Crippen molar-refractivity contribution < 1.29 is 13.6 Å². The smallest absolute Gasteiger partial charge is 0.272 e. The molecular weight excluding hydrogens is 348 g/mol. The van der Waals surface area contributed by atoms with Crippen LogP contribution in [0.15, 0.2) is 29.1 Å². The van der Waals surface area contributed by atoms with E-state index in [1.807, 2.05) is 0 Å². The molecule has 0 atom stereocenters. The molecule has 112 valence electrons. The molecule has 0 spiro atoms. The number of aromatic nitrogens is 4. The van der Waals surface area contributed by atoms with Gasteiger partial charge in [-0.15, -0.1) is 0 Å². The van der Waals surface area contributed by atoms with Gasteiger partial charge >= 0.3 is 0 Å². The summed E-state index contributed by atoms with van der Waals surface area (Å²) in [5, 5.41) is 3.72. The SMILES string of the molecule is CN(Cc1ncnn1CC(F)F)C(=O)c1cccc(Br)n1. The molecule has 0 fully saturated rings. The van der Waals surface area contributed by atoms with E-state index in [0.717, 1.165) is 4.68 Å². The van der Waals surface area contributed by atoms with Crippen molar-refractivity contribution in [1.29, 1.82) is 0 Å². The number of halogens is 3. The van der Waals surface area contributed by atoms with Crippen LogP contribution in [-0.4, -0.2) is 44.0 Å². The third-order valence-corrected chi connectivity index (χ3v) is 3.11. The predicted molar refractivity (Wildman–Crippen MR) is 73.8 cm³/mol. The van der Waals surface area contributed by atoms with E-state index in [2.05, 4.69) is 31.0 Å². The average Bonchev–Trinajstić information content (AvgIpc) is 2.84. The number of hydrogen-bond acceptors (Lipinski definition) is 4. The lowest BCUT2D eigenvalue weighted by Gasteiger charge is -2.16. The zero-order chi connectivity index (χ0) is 15.4. The molecule has 0 aliphatic rings. The maximum absolute atomic E-state index is 12.4. The molecule has 0 bridgehead atoms. The molecule has 2 aromatic heterocycles. The van der Waals surface area contributed by atoms with Crippen molar-refractivity contribution in [3.63, 3.8) is 0 Å². The fraction of sp³-hybridized carbons (Fsp3) is 0.333. The van der Waals surface area contributed by atoms with Gasteiger partial charge in [0.25, 0.3) is 12.3 Å². The first kappa shape index (κ1) is 15.5. The number of rotatable bonds is 5. The van der Waals surface area contributed by atoms with Gasteiger partial charge < -0.3 is 4.90 Å². The Kier molecular flexibility index (Phi) is 4.94. The van der Waals surface area contributed by atoms with Crippen molar-refractivity contribution in [3.05, 3.63) is 40.6 Å². The first-order chi connectivity index (χ1) is 9.97. The minimum atomic E-state index is -2.53. The zero-order valence-corrected chi connectivity index (χ0v) is 12.7. The highest BCUT2D eigenvalue weighted by molar-refractivity contribution is 9.10. The Morgan fingerprint density at radius 2 is 2.24 bits per heavy atom. The summed E-state index contributed by atoms with van der Waals surface area (Å²) in [6.45, 7) is -0.480. The Labute approximate surface area is 127 Å². The maximum Gasteiger partial charge on any atom is 0.272 e. The van der Waals surface area contributed by atoms with E-state index in [4.69, 9.17) is 0 Å². The lowest BCUT2D eigenvalue weighted by molar-refractivity contribution is 0.0769. The summed E-state index contributed by atoms with van der Waals surface area (Å²) in [4.78, 5) is 21.5. The van der Waals surface area contributed by atoms with E-state index in [-0.39, 0.29) is 18.1 Å². The molecule has 0 aliphatic heterocycles. The molecular formula is C12H12BrF2N5O. The van der Waals surface area contributed by atoms with Crippen LogP contribution in [0.2, 0.25) is 0 Å². The second kappa shape index (κ2) is 6.70. The van der Waals surface area contributed by atoms with E-state index in [1.165, 1.54) is 11.2 Å². The second-order valence-corrected chi connectivity index (χ2v) is 5.07. The second-order valence-electron chi connectivity index (χ2n) is 4.26. The molecule has 0 aliphatic carbocycles. The summed E-state index contributed by atoms with van der Waals surface area (Å²) < 4.78 is 26.4. The van der Waals surface area contributed by atoms with Gasteiger partial charge in [0.1, 0.15) is 29.0 Å². The van der Waals surface area contributed by atoms with Gasteiger partial charge in [-0.1, -0.05) is 6.07 Å². The molecule has 6 nitrogen and oxygen atoms in total. The molecule has 0 saturated heterocycles. The summed E-state index contributed by atoms with van der Waals surface area (Å²) in [5.74, 6) is -0.0379. The van der Waals surface area contributed by atoms with Crippen LogP contribution in [0.3, 0.4) is 0 Å². The van der Waals surface area contributed by atoms with Crippen LogP contribution in [0.4, 0.5) is 8.78 Å². The van der Waals surface area contributed by atoms with Gasteiger partial charge in [-0.2, -0.15) is 5.10 Å². The van der Waals surface area contributed by atoms with Crippen LogP contribution >= 0.6 is 15.9 Å². The Morgan fingerprint density at radius 3 is 2.90 bits per heavy atom. The molecule has 21 heavy (non-hydrogen) atoms. The third-order valence-electron chi connectivity index (χ3n) is 2.67. The van der Waals surface area contributed by atoms with Crippen LogP contribution in [-0.2, 0) is 13.1 Å². The van der Waals surface area contributed by atoms with Gasteiger partial charge in [-0.05, 0) is 28.1 Å². The fourth-order valence-corrected chi connectivity index (χ4v) is 2.04. The minimum absolute atomic E-state index is 0.0692. The lowest BCUT2D eigenvalue weighted by atomic mass is 10.3. The van der Waals surface area contributed by atoms with E-state index in [1.54, 1.807) is 25.2 Å². The van der Waals surface area contributed by atoms with Crippen LogP contribution < -0.4 is 0 Å². The molecule has 0 saturated carbocycles. The van der Waals surface area contributed by atoms with Gasteiger partial charge in [-0.3, -0.25) is 4.79 Å². The minimum Gasteiger partial charge on any atom is -0.333 e. The Balaban J connectivity index is 2.09. The van der Waals surface area contributed by atoms with E-state index in [0.29, 0.717) is 10.4 Å². The largest absolute Gasteiger partial charge is 0.333 e. The fourth-order valence-electron chi connectivity index (χ4n) is 1.70.